The molecule has 0 aromatic rings. The molecule has 0 spiro atoms. The predicted octanol–water partition coefficient (Wildman–Crippen LogP) is 6.73. The summed E-state index contributed by atoms with van der Waals surface area (Å²) in [5.74, 6) is -0.619. The molecule has 0 saturated carbocycles. The third-order valence-corrected chi connectivity index (χ3v) is 5.81. The molecule has 146 valence electrons. The van der Waals surface area contributed by atoms with Gasteiger partial charge in [-0.25, -0.2) is 0 Å². The Bertz CT molecular complexity index is 377. The van der Waals surface area contributed by atoms with Gasteiger partial charge in [-0.1, -0.05) is 104 Å². The Hall–Kier alpha value is -0.860. The maximum absolute atomic E-state index is 11.9. The molecule has 1 fully saturated rings. The molecule has 1 rings (SSSR count). The Morgan fingerprint density at radius 1 is 0.720 bits per heavy atom. The van der Waals surface area contributed by atoms with Crippen molar-refractivity contribution in [2.75, 3.05) is 0 Å². The number of unbranched alkanes of at least 4 members (excludes halogenated alkanes) is 13. The minimum Gasteiger partial charge on any atom is -0.393 e. The second-order valence-electron chi connectivity index (χ2n) is 7.92. The van der Waals surface area contributed by atoms with Crippen LogP contribution < -0.4 is 0 Å². The zero-order chi connectivity index (χ0) is 18.4. The molecule has 0 radical (unpaired) electrons. The fourth-order valence-corrected chi connectivity index (χ4v) is 3.89. The summed E-state index contributed by atoms with van der Waals surface area (Å²) in [4.78, 5) is 23.2. The minimum atomic E-state index is -0.506. The topological polar surface area (TPSA) is 43.4 Å². The molecule has 3 heteroatoms. The first-order valence-corrected chi connectivity index (χ1v) is 10.9. The Balaban J connectivity index is 1.89. The quantitative estimate of drug-likeness (QED) is 0.176. The number of esters is 2. The summed E-state index contributed by atoms with van der Waals surface area (Å²) in [6.45, 7) is 4.26. The molecule has 1 heterocycles. The van der Waals surface area contributed by atoms with Gasteiger partial charge >= 0.3 is 11.9 Å². The lowest BCUT2D eigenvalue weighted by molar-refractivity contribution is -0.155. The zero-order valence-electron chi connectivity index (χ0n) is 16.7. The van der Waals surface area contributed by atoms with E-state index in [4.69, 9.17) is 4.74 Å². The van der Waals surface area contributed by atoms with Crippen molar-refractivity contribution in [2.24, 2.45) is 5.41 Å². The van der Waals surface area contributed by atoms with E-state index in [9.17, 15) is 9.59 Å². The van der Waals surface area contributed by atoms with Crippen molar-refractivity contribution >= 4 is 11.9 Å². The highest BCUT2D eigenvalue weighted by atomic mass is 16.6. The maximum Gasteiger partial charge on any atom is 0.320 e. The molecule has 1 saturated heterocycles. The molecule has 1 aliphatic heterocycles. The van der Waals surface area contributed by atoms with Crippen molar-refractivity contribution in [1.82, 2.24) is 0 Å². The van der Waals surface area contributed by atoms with E-state index >= 15 is 0 Å². The first-order chi connectivity index (χ1) is 12.1. The van der Waals surface area contributed by atoms with Crippen molar-refractivity contribution in [1.29, 1.82) is 0 Å². The second-order valence-corrected chi connectivity index (χ2v) is 7.92. The summed E-state index contributed by atoms with van der Waals surface area (Å²) in [7, 11) is 0. The molecule has 0 aromatic heterocycles. The lowest BCUT2D eigenvalue weighted by atomic mass is 9.79. The summed E-state index contributed by atoms with van der Waals surface area (Å²) < 4.78 is 4.76. The van der Waals surface area contributed by atoms with E-state index in [1.165, 1.54) is 83.5 Å². The molecule has 0 N–H and O–H groups in total. The Morgan fingerprint density at radius 2 is 1.16 bits per heavy atom. The molecule has 25 heavy (non-hydrogen) atoms. The molecule has 1 atom stereocenters. The van der Waals surface area contributed by atoms with Gasteiger partial charge in [0.15, 0.2) is 0 Å². The number of ether oxygens (including phenoxy) is 1. The van der Waals surface area contributed by atoms with Crippen LogP contribution in [0.1, 0.15) is 123 Å². The minimum absolute atomic E-state index is 0.283. The molecule has 0 aromatic carbocycles. The van der Waals surface area contributed by atoms with Crippen molar-refractivity contribution in [2.45, 2.75) is 123 Å². The first-order valence-electron chi connectivity index (χ1n) is 10.9. The second kappa shape index (κ2) is 13.4. The number of hydrogen-bond donors (Lipinski definition) is 0. The fraction of sp³-hybridized carbons (Fsp3) is 0.909. The average molecular weight is 353 g/mol. The van der Waals surface area contributed by atoms with E-state index in [2.05, 4.69) is 6.92 Å². The molecular formula is C22H40O3. The van der Waals surface area contributed by atoms with Crippen molar-refractivity contribution in [3.8, 4) is 0 Å². The van der Waals surface area contributed by atoms with Crippen LogP contribution in [0.25, 0.3) is 0 Å². The molecule has 0 amide bonds. The molecule has 3 nitrogen and oxygen atoms in total. The molecule has 0 bridgehead atoms. The van der Waals surface area contributed by atoms with Crippen LogP contribution in [0.5, 0.6) is 0 Å². The highest BCUT2D eigenvalue weighted by Gasteiger charge is 2.46. The van der Waals surface area contributed by atoms with Gasteiger partial charge in [0.2, 0.25) is 0 Å². The van der Waals surface area contributed by atoms with Gasteiger partial charge in [0.25, 0.3) is 0 Å². The highest BCUT2D eigenvalue weighted by Crippen LogP contribution is 2.39. The van der Waals surface area contributed by atoms with E-state index in [0.717, 1.165) is 19.3 Å². The lowest BCUT2D eigenvalue weighted by Gasteiger charge is -2.21. The molecule has 0 aliphatic carbocycles. The van der Waals surface area contributed by atoms with Gasteiger partial charge in [-0.15, -0.1) is 0 Å². The van der Waals surface area contributed by atoms with Gasteiger partial charge in [-0.2, -0.15) is 0 Å². The normalized spacial score (nSPS) is 20.2. The summed E-state index contributed by atoms with van der Waals surface area (Å²) in [5.41, 5.74) is -0.506. The Labute approximate surface area is 155 Å². The third kappa shape index (κ3) is 8.87. The van der Waals surface area contributed by atoms with E-state index in [-0.39, 0.29) is 11.9 Å². The van der Waals surface area contributed by atoms with Crippen molar-refractivity contribution in [3.05, 3.63) is 0 Å². The van der Waals surface area contributed by atoms with Gasteiger partial charge in [-0.3, -0.25) is 9.59 Å². The maximum atomic E-state index is 11.9. The van der Waals surface area contributed by atoms with Crippen LogP contribution in [0.2, 0.25) is 0 Å². The smallest absolute Gasteiger partial charge is 0.320 e. The van der Waals surface area contributed by atoms with Crippen LogP contribution in [0.15, 0.2) is 0 Å². The van der Waals surface area contributed by atoms with Crippen molar-refractivity contribution < 1.29 is 14.3 Å². The number of carbonyl (C=O) groups is 2. The molecule has 1 aliphatic rings. The van der Waals surface area contributed by atoms with Gasteiger partial charge in [0, 0.05) is 0 Å². The van der Waals surface area contributed by atoms with Gasteiger partial charge in [0.05, 0.1) is 11.8 Å². The van der Waals surface area contributed by atoms with Crippen LogP contribution in [0.4, 0.5) is 0 Å². The van der Waals surface area contributed by atoms with Gasteiger partial charge in [-0.05, 0) is 12.8 Å². The summed E-state index contributed by atoms with van der Waals surface area (Å²) in [5, 5.41) is 0. The van der Waals surface area contributed by atoms with Crippen LogP contribution in [0, 0.1) is 5.41 Å². The summed E-state index contributed by atoms with van der Waals surface area (Å²) in [6, 6.07) is 0. The van der Waals surface area contributed by atoms with Crippen molar-refractivity contribution in [3.63, 3.8) is 0 Å². The van der Waals surface area contributed by atoms with Crippen LogP contribution >= 0.6 is 0 Å². The third-order valence-electron chi connectivity index (χ3n) is 5.81. The predicted molar refractivity (Wildman–Crippen MR) is 103 cm³/mol. The number of hydrogen-bond acceptors (Lipinski definition) is 3. The number of carbonyl (C=O) groups excluding carboxylic acids is 2. The van der Waals surface area contributed by atoms with E-state index < -0.39 is 5.41 Å². The zero-order valence-corrected chi connectivity index (χ0v) is 16.7. The van der Waals surface area contributed by atoms with Gasteiger partial charge in [0.1, 0.15) is 0 Å². The van der Waals surface area contributed by atoms with E-state index in [1.54, 1.807) is 0 Å². The Kier molecular flexibility index (Phi) is 11.9. The molecule has 1 unspecified atom stereocenters. The van der Waals surface area contributed by atoms with E-state index in [0.29, 0.717) is 6.42 Å². The van der Waals surface area contributed by atoms with Crippen LogP contribution in [0.3, 0.4) is 0 Å². The van der Waals surface area contributed by atoms with Crippen LogP contribution in [-0.4, -0.2) is 11.9 Å². The lowest BCUT2D eigenvalue weighted by Crippen LogP contribution is -2.25. The standard InChI is InChI=1S/C22H40O3/c1-3-5-6-7-8-9-10-11-12-13-14-15-16-17-18-22(4-2)19-20(23)25-21(22)24/h3-19H2,1-2H3. The largest absolute Gasteiger partial charge is 0.393 e. The molecular weight excluding hydrogens is 312 g/mol. The SMILES string of the molecule is CCCCCCCCCCCCCCCCC1(CC)CC(=O)OC1=O. The van der Waals surface area contributed by atoms with E-state index in [1.807, 2.05) is 6.92 Å². The average Bonchev–Trinajstić information content (AvgIpc) is 2.89. The van der Waals surface area contributed by atoms with Crippen LogP contribution in [-0.2, 0) is 14.3 Å². The fourth-order valence-electron chi connectivity index (χ4n) is 3.89. The number of cyclic esters (lactones) is 2. The summed E-state index contributed by atoms with van der Waals surface area (Å²) in [6.07, 6.45) is 20.5. The number of rotatable bonds is 16. The highest BCUT2D eigenvalue weighted by molar-refractivity contribution is 5.97. The van der Waals surface area contributed by atoms with Gasteiger partial charge < -0.3 is 4.74 Å². The monoisotopic (exact) mass is 352 g/mol. The first kappa shape index (κ1) is 22.2. The Morgan fingerprint density at radius 3 is 1.52 bits per heavy atom. The summed E-state index contributed by atoms with van der Waals surface area (Å²) >= 11 is 0.